The van der Waals surface area contributed by atoms with E-state index in [2.05, 4.69) is 30.8 Å². The Balaban J connectivity index is 1.65. The first kappa shape index (κ1) is 19.3. The summed E-state index contributed by atoms with van der Waals surface area (Å²) in [6.45, 7) is 0. The second-order valence-corrected chi connectivity index (χ2v) is 7.57. The van der Waals surface area contributed by atoms with Crippen LogP contribution in [0.4, 0.5) is 5.69 Å². The molecule has 0 unspecified atom stereocenters. The van der Waals surface area contributed by atoms with Gasteiger partial charge in [0.2, 0.25) is 0 Å². The van der Waals surface area contributed by atoms with Gasteiger partial charge in [0.15, 0.2) is 5.11 Å². The molecule has 0 amide bonds. The van der Waals surface area contributed by atoms with E-state index in [1.165, 1.54) is 0 Å². The highest BCUT2D eigenvalue weighted by Gasteiger charge is 2.42. The minimum atomic E-state index is -0.118. The lowest BCUT2D eigenvalue weighted by atomic mass is 10.0. The Hall–Kier alpha value is -3.71. The lowest BCUT2D eigenvalue weighted by Crippen LogP contribution is -2.30. The maximum Gasteiger partial charge on any atom is 0.174 e. The number of nitrogens with one attached hydrogen (secondary N) is 1. The van der Waals surface area contributed by atoms with E-state index in [9.17, 15) is 0 Å². The van der Waals surface area contributed by atoms with Gasteiger partial charge in [-0.05, 0) is 72.9 Å². The van der Waals surface area contributed by atoms with Gasteiger partial charge in [-0.1, -0.05) is 12.1 Å². The first-order valence-corrected chi connectivity index (χ1v) is 10.4. The van der Waals surface area contributed by atoms with Crippen LogP contribution in [0.3, 0.4) is 0 Å². The summed E-state index contributed by atoms with van der Waals surface area (Å²) in [6.07, 6.45) is 5.64. The van der Waals surface area contributed by atoms with Crippen molar-refractivity contribution in [3.8, 4) is 11.6 Å². The molecular formula is C24H21N5OS. The number of anilines is 1. The van der Waals surface area contributed by atoms with Crippen molar-refractivity contribution in [2.45, 2.75) is 12.1 Å². The third-order valence-corrected chi connectivity index (χ3v) is 5.74. The van der Waals surface area contributed by atoms with Crippen LogP contribution in [-0.2, 0) is 0 Å². The van der Waals surface area contributed by atoms with Crippen molar-refractivity contribution in [2.24, 2.45) is 0 Å². The van der Waals surface area contributed by atoms with Gasteiger partial charge in [0.05, 0.1) is 18.8 Å². The minimum Gasteiger partial charge on any atom is -0.497 e. The number of aromatic nitrogens is 3. The van der Waals surface area contributed by atoms with E-state index in [1.807, 2.05) is 79.1 Å². The highest BCUT2D eigenvalue weighted by molar-refractivity contribution is 7.80. The molecule has 1 aromatic carbocycles. The number of hydrogen-bond donors (Lipinski definition) is 1. The van der Waals surface area contributed by atoms with E-state index in [0.717, 1.165) is 28.6 Å². The Labute approximate surface area is 186 Å². The number of hydrogen-bond acceptors (Lipinski definition) is 4. The van der Waals surface area contributed by atoms with E-state index < -0.39 is 0 Å². The molecule has 154 valence electrons. The van der Waals surface area contributed by atoms with Gasteiger partial charge in [0.25, 0.3) is 0 Å². The van der Waals surface area contributed by atoms with Crippen LogP contribution in [0.1, 0.15) is 23.5 Å². The molecule has 6 nitrogen and oxygen atoms in total. The predicted molar refractivity (Wildman–Crippen MR) is 124 cm³/mol. The fourth-order valence-electron chi connectivity index (χ4n) is 4.02. The van der Waals surface area contributed by atoms with Gasteiger partial charge in [0, 0.05) is 30.0 Å². The molecular weight excluding hydrogens is 406 g/mol. The lowest BCUT2D eigenvalue weighted by Gasteiger charge is -2.28. The van der Waals surface area contributed by atoms with Crippen LogP contribution >= 0.6 is 12.2 Å². The van der Waals surface area contributed by atoms with Gasteiger partial charge in [-0.3, -0.25) is 4.98 Å². The smallest absolute Gasteiger partial charge is 0.174 e. The standard InChI is InChI=1S/C24H21N5OS/c1-30-18-12-10-17(11-13-18)29-23(22(27-24(29)31)19-7-2-4-14-25-19)20-8-6-16-28(20)21-9-3-5-15-26-21/h2-16,22-23H,1H3,(H,27,31)/t22-,23-/m1/s1. The third-order valence-electron chi connectivity index (χ3n) is 5.43. The molecule has 1 aliphatic heterocycles. The summed E-state index contributed by atoms with van der Waals surface area (Å²) in [5, 5.41) is 4.15. The summed E-state index contributed by atoms with van der Waals surface area (Å²) in [5.41, 5.74) is 2.98. The molecule has 2 atom stereocenters. The Kier molecular flexibility index (Phi) is 5.09. The van der Waals surface area contributed by atoms with Crippen LogP contribution in [-0.4, -0.2) is 26.8 Å². The molecule has 0 spiro atoms. The van der Waals surface area contributed by atoms with E-state index in [1.54, 1.807) is 13.3 Å². The number of nitrogens with zero attached hydrogens (tertiary/aromatic N) is 4. The van der Waals surface area contributed by atoms with E-state index in [-0.39, 0.29) is 12.1 Å². The number of rotatable bonds is 5. The summed E-state index contributed by atoms with van der Waals surface area (Å²) in [5.74, 6) is 1.66. The summed E-state index contributed by atoms with van der Waals surface area (Å²) in [4.78, 5) is 11.3. The van der Waals surface area contributed by atoms with Crippen molar-refractivity contribution in [3.05, 3.63) is 103 Å². The molecule has 7 heteroatoms. The number of thiocarbonyl (C=S) groups is 1. The van der Waals surface area contributed by atoms with Crippen LogP contribution in [0.2, 0.25) is 0 Å². The zero-order valence-electron chi connectivity index (χ0n) is 16.9. The molecule has 5 rings (SSSR count). The van der Waals surface area contributed by atoms with Crippen LogP contribution < -0.4 is 15.0 Å². The SMILES string of the molecule is COc1ccc(N2C(=S)N[C@H](c3ccccn3)[C@H]2c2cccn2-c2ccccn2)cc1. The Morgan fingerprint density at radius 3 is 2.35 bits per heavy atom. The largest absolute Gasteiger partial charge is 0.497 e. The molecule has 4 aromatic rings. The molecule has 1 N–H and O–H groups in total. The summed E-state index contributed by atoms with van der Waals surface area (Å²) >= 11 is 5.80. The predicted octanol–water partition coefficient (Wildman–Crippen LogP) is 4.45. The van der Waals surface area contributed by atoms with Gasteiger partial charge in [-0.25, -0.2) is 4.98 Å². The summed E-state index contributed by atoms with van der Waals surface area (Å²) in [7, 11) is 1.66. The van der Waals surface area contributed by atoms with Crippen molar-refractivity contribution in [1.82, 2.24) is 19.9 Å². The topological polar surface area (TPSA) is 55.2 Å². The van der Waals surface area contributed by atoms with Crippen molar-refractivity contribution in [3.63, 3.8) is 0 Å². The second kappa shape index (κ2) is 8.20. The van der Waals surface area contributed by atoms with Crippen LogP contribution in [0.25, 0.3) is 5.82 Å². The molecule has 1 saturated heterocycles. The molecule has 0 bridgehead atoms. The van der Waals surface area contributed by atoms with Crippen molar-refractivity contribution < 1.29 is 4.74 Å². The van der Waals surface area contributed by atoms with Crippen LogP contribution in [0, 0.1) is 0 Å². The van der Waals surface area contributed by atoms with Gasteiger partial charge in [-0.2, -0.15) is 0 Å². The highest BCUT2D eigenvalue weighted by atomic mass is 32.1. The summed E-state index contributed by atoms with van der Waals surface area (Å²) < 4.78 is 7.44. The zero-order valence-corrected chi connectivity index (χ0v) is 17.7. The van der Waals surface area contributed by atoms with Crippen molar-refractivity contribution in [1.29, 1.82) is 0 Å². The maximum absolute atomic E-state index is 5.80. The Morgan fingerprint density at radius 2 is 1.68 bits per heavy atom. The van der Waals surface area contributed by atoms with E-state index in [0.29, 0.717) is 5.11 Å². The molecule has 4 heterocycles. The monoisotopic (exact) mass is 427 g/mol. The summed E-state index contributed by atoms with van der Waals surface area (Å²) in [6, 6.07) is 23.7. The molecule has 3 aromatic heterocycles. The fourth-order valence-corrected chi connectivity index (χ4v) is 4.36. The molecule has 1 aliphatic rings. The average Bonchev–Trinajstić information content (AvgIpc) is 3.44. The number of methoxy groups -OCH3 is 1. The van der Waals surface area contributed by atoms with Crippen molar-refractivity contribution >= 4 is 23.0 Å². The zero-order chi connectivity index (χ0) is 21.2. The Morgan fingerprint density at radius 1 is 0.903 bits per heavy atom. The van der Waals surface area contributed by atoms with Gasteiger partial charge in [0.1, 0.15) is 17.6 Å². The first-order chi connectivity index (χ1) is 15.3. The van der Waals surface area contributed by atoms with Crippen LogP contribution in [0.15, 0.2) is 91.4 Å². The Bertz CT molecular complexity index is 1180. The molecule has 0 radical (unpaired) electrons. The van der Waals surface area contributed by atoms with Crippen molar-refractivity contribution in [2.75, 3.05) is 12.0 Å². The molecule has 31 heavy (non-hydrogen) atoms. The molecule has 1 fully saturated rings. The van der Waals surface area contributed by atoms with Gasteiger partial charge in [-0.15, -0.1) is 0 Å². The fraction of sp³-hybridized carbons (Fsp3) is 0.125. The van der Waals surface area contributed by atoms with Gasteiger partial charge < -0.3 is 19.5 Å². The van der Waals surface area contributed by atoms with Gasteiger partial charge >= 0.3 is 0 Å². The normalized spacial score (nSPS) is 18.1. The number of pyridine rings is 2. The minimum absolute atomic E-state index is 0.117. The quantitative estimate of drug-likeness (QED) is 0.475. The molecule has 0 saturated carbocycles. The third kappa shape index (κ3) is 3.53. The average molecular weight is 428 g/mol. The molecule has 0 aliphatic carbocycles. The maximum atomic E-state index is 5.80. The number of ether oxygens (including phenoxy) is 1. The van der Waals surface area contributed by atoms with Crippen LogP contribution in [0.5, 0.6) is 5.75 Å². The van der Waals surface area contributed by atoms with E-state index in [4.69, 9.17) is 17.0 Å². The van der Waals surface area contributed by atoms with E-state index >= 15 is 0 Å². The lowest BCUT2D eigenvalue weighted by molar-refractivity contribution is 0.415. The first-order valence-electron chi connectivity index (χ1n) is 9.99. The second-order valence-electron chi connectivity index (χ2n) is 7.19. The highest BCUT2D eigenvalue weighted by Crippen LogP contribution is 2.42. The number of benzene rings is 1.